The third-order valence-corrected chi connectivity index (χ3v) is 4.75. The van der Waals surface area contributed by atoms with Gasteiger partial charge in [0.05, 0.1) is 0 Å². The van der Waals surface area contributed by atoms with Gasteiger partial charge in [0.1, 0.15) is 5.54 Å². The third-order valence-electron chi connectivity index (χ3n) is 4.75. The Bertz CT molecular complexity index is 441. The minimum absolute atomic E-state index is 0.203. The number of carbonyl (C=O) groups is 3. The summed E-state index contributed by atoms with van der Waals surface area (Å²) in [7, 11) is 0. The molecular weight excluding hydrogens is 270 g/mol. The predicted octanol–water partition coefficient (Wildman–Crippen LogP) is 1.95. The quantitative estimate of drug-likeness (QED) is 0.778. The van der Waals surface area contributed by atoms with E-state index < -0.39 is 11.6 Å². The first-order chi connectivity index (χ1) is 9.85. The fourth-order valence-corrected chi connectivity index (χ4v) is 2.91. The molecule has 4 amide bonds. The Morgan fingerprint density at radius 1 is 1.24 bits per heavy atom. The molecule has 0 radical (unpaired) electrons. The maximum atomic E-state index is 12.5. The highest BCUT2D eigenvalue weighted by Gasteiger charge is 2.52. The van der Waals surface area contributed by atoms with Crippen molar-refractivity contribution < 1.29 is 14.4 Å². The summed E-state index contributed by atoms with van der Waals surface area (Å²) >= 11 is 0. The molecule has 1 saturated heterocycles. The van der Waals surface area contributed by atoms with Crippen LogP contribution in [0.1, 0.15) is 59.3 Å². The Kier molecular flexibility index (Phi) is 4.54. The number of urea groups is 1. The highest BCUT2D eigenvalue weighted by Crippen LogP contribution is 2.33. The van der Waals surface area contributed by atoms with Crippen molar-refractivity contribution in [3.8, 4) is 0 Å². The second-order valence-corrected chi connectivity index (χ2v) is 6.67. The minimum atomic E-state index is -0.785. The van der Waals surface area contributed by atoms with Crippen LogP contribution in [-0.4, -0.2) is 28.4 Å². The summed E-state index contributed by atoms with van der Waals surface area (Å²) < 4.78 is 0. The Morgan fingerprint density at radius 3 is 2.43 bits per heavy atom. The highest BCUT2D eigenvalue weighted by atomic mass is 16.2. The van der Waals surface area contributed by atoms with Gasteiger partial charge in [-0.3, -0.25) is 15.0 Å². The van der Waals surface area contributed by atoms with Crippen molar-refractivity contribution in [2.75, 3.05) is 0 Å². The first-order valence-electron chi connectivity index (χ1n) is 7.82. The van der Waals surface area contributed by atoms with Crippen LogP contribution in [0.3, 0.4) is 0 Å². The number of imide groups is 1. The number of nitrogens with zero attached hydrogens (tertiary/aromatic N) is 1. The molecule has 2 rings (SSSR count). The van der Waals surface area contributed by atoms with Crippen LogP contribution in [0.15, 0.2) is 0 Å². The number of amides is 4. The maximum Gasteiger partial charge on any atom is 0.344 e. The van der Waals surface area contributed by atoms with Crippen molar-refractivity contribution in [3.05, 3.63) is 0 Å². The van der Waals surface area contributed by atoms with E-state index in [0.717, 1.165) is 24.3 Å². The summed E-state index contributed by atoms with van der Waals surface area (Å²) in [5.74, 6) is -0.0109. The van der Waals surface area contributed by atoms with E-state index in [0.29, 0.717) is 25.2 Å². The largest absolute Gasteiger partial charge is 0.344 e. The van der Waals surface area contributed by atoms with Gasteiger partial charge >= 0.3 is 6.03 Å². The van der Waals surface area contributed by atoms with Crippen LogP contribution in [0.5, 0.6) is 0 Å². The van der Waals surface area contributed by atoms with Crippen LogP contribution in [0.2, 0.25) is 0 Å². The molecule has 0 aromatic rings. The van der Waals surface area contributed by atoms with Crippen LogP contribution < -0.4 is 10.7 Å². The predicted molar refractivity (Wildman–Crippen MR) is 78.0 cm³/mol. The van der Waals surface area contributed by atoms with Gasteiger partial charge in [0.2, 0.25) is 5.91 Å². The van der Waals surface area contributed by atoms with E-state index in [1.165, 1.54) is 0 Å². The Labute approximate surface area is 125 Å². The van der Waals surface area contributed by atoms with Gasteiger partial charge in [-0.15, -0.1) is 0 Å². The topological polar surface area (TPSA) is 78.5 Å². The first kappa shape index (κ1) is 15.8. The fraction of sp³-hybridized carbons (Fsp3) is 0.800. The van der Waals surface area contributed by atoms with Crippen molar-refractivity contribution in [2.24, 2.45) is 11.8 Å². The molecule has 1 atom stereocenters. The SMILES string of the molecule is CC(C)[C@H](C)CC(=O)NN1C(=O)NC2(CCCCC2)C1=O. The molecule has 0 aromatic heterocycles. The van der Waals surface area contributed by atoms with E-state index in [9.17, 15) is 14.4 Å². The third kappa shape index (κ3) is 3.19. The zero-order chi connectivity index (χ0) is 15.6. The van der Waals surface area contributed by atoms with Gasteiger partial charge in [-0.1, -0.05) is 40.0 Å². The molecule has 1 aliphatic heterocycles. The summed E-state index contributed by atoms with van der Waals surface area (Å²) in [5, 5.41) is 3.65. The summed E-state index contributed by atoms with van der Waals surface area (Å²) in [5.41, 5.74) is 1.68. The van der Waals surface area contributed by atoms with Crippen LogP contribution in [0.4, 0.5) is 4.79 Å². The van der Waals surface area contributed by atoms with Gasteiger partial charge in [0.25, 0.3) is 5.91 Å². The molecular formula is C15H25N3O3. The molecule has 6 heteroatoms. The number of carbonyl (C=O) groups excluding carboxylic acids is 3. The average Bonchev–Trinajstić information content (AvgIpc) is 2.64. The molecule has 6 nitrogen and oxygen atoms in total. The highest BCUT2D eigenvalue weighted by molar-refractivity contribution is 6.07. The van der Waals surface area contributed by atoms with E-state index in [-0.39, 0.29) is 17.7 Å². The summed E-state index contributed by atoms with van der Waals surface area (Å²) in [6.45, 7) is 6.07. The molecule has 1 heterocycles. The molecule has 0 aromatic carbocycles. The van der Waals surface area contributed by atoms with Crippen molar-refractivity contribution in [3.63, 3.8) is 0 Å². The van der Waals surface area contributed by atoms with Crippen molar-refractivity contribution >= 4 is 17.8 Å². The van der Waals surface area contributed by atoms with Gasteiger partial charge < -0.3 is 5.32 Å². The van der Waals surface area contributed by atoms with Crippen molar-refractivity contribution in [1.29, 1.82) is 0 Å². The van der Waals surface area contributed by atoms with E-state index in [4.69, 9.17) is 0 Å². The van der Waals surface area contributed by atoms with Crippen molar-refractivity contribution in [2.45, 2.75) is 64.8 Å². The van der Waals surface area contributed by atoms with Crippen LogP contribution in [0, 0.1) is 11.8 Å². The second-order valence-electron chi connectivity index (χ2n) is 6.67. The monoisotopic (exact) mass is 295 g/mol. The fourth-order valence-electron chi connectivity index (χ4n) is 2.91. The van der Waals surface area contributed by atoms with Gasteiger partial charge in [0.15, 0.2) is 0 Å². The van der Waals surface area contributed by atoms with Gasteiger partial charge in [-0.25, -0.2) is 4.79 Å². The van der Waals surface area contributed by atoms with E-state index in [2.05, 4.69) is 10.7 Å². The summed E-state index contributed by atoms with van der Waals surface area (Å²) in [6, 6.07) is -0.507. The number of rotatable bonds is 4. The van der Waals surface area contributed by atoms with Crippen LogP contribution >= 0.6 is 0 Å². The Hall–Kier alpha value is -1.59. The molecule has 1 saturated carbocycles. The van der Waals surface area contributed by atoms with Gasteiger partial charge in [-0.2, -0.15) is 5.01 Å². The summed E-state index contributed by atoms with van der Waals surface area (Å²) in [4.78, 5) is 36.5. The lowest BCUT2D eigenvalue weighted by molar-refractivity contribution is -0.140. The zero-order valence-electron chi connectivity index (χ0n) is 13.1. The van der Waals surface area contributed by atoms with E-state index in [1.54, 1.807) is 0 Å². The first-order valence-corrected chi connectivity index (χ1v) is 7.82. The summed E-state index contributed by atoms with van der Waals surface area (Å²) in [6.07, 6.45) is 4.57. The van der Waals surface area contributed by atoms with Crippen LogP contribution in [0.25, 0.3) is 0 Å². The average molecular weight is 295 g/mol. The lowest BCUT2D eigenvalue weighted by Gasteiger charge is -2.30. The molecule has 21 heavy (non-hydrogen) atoms. The molecule has 2 N–H and O–H groups in total. The molecule has 0 bridgehead atoms. The zero-order valence-corrected chi connectivity index (χ0v) is 13.1. The standard InChI is InChI=1S/C15H25N3O3/c1-10(2)11(3)9-12(19)17-18-13(20)15(16-14(18)21)7-5-4-6-8-15/h10-11H,4-9H2,1-3H3,(H,16,21)(H,17,19)/t11-/m1/s1. The second kappa shape index (κ2) is 6.03. The lowest BCUT2D eigenvalue weighted by atomic mass is 9.82. The van der Waals surface area contributed by atoms with Crippen molar-refractivity contribution in [1.82, 2.24) is 15.8 Å². The molecule has 118 valence electrons. The Balaban J connectivity index is 1.99. The lowest BCUT2D eigenvalue weighted by Crippen LogP contribution is -2.51. The minimum Gasteiger partial charge on any atom is -0.322 e. The molecule has 0 unspecified atom stereocenters. The molecule has 1 aliphatic carbocycles. The molecule has 2 fully saturated rings. The van der Waals surface area contributed by atoms with E-state index in [1.807, 2.05) is 20.8 Å². The number of hydrogen-bond donors (Lipinski definition) is 2. The van der Waals surface area contributed by atoms with Crippen LogP contribution in [-0.2, 0) is 9.59 Å². The number of nitrogens with one attached hydrogen (secondary N) is 2. The van der Waals surface area contributed by atoms with Gasteiger partial charge in [-0.05, 0) is 24.7 Å². The molecule has 1 spiro atoms. The molecule has 2 aliphatic rings. The number of hydrogen-bond acceptors (Lipinski definition) is 3. The van der Waals surface area contributed by atoms with Gasteiger partial charge in [0, 0.05) is 6.42 Å². The number of hydrazine groups is 1. The normalized spacial score (nSPS) is 22.6. The smallest absolute Gasteiger partial charge is 0.322 e. The Morgan fingerprint density at radius 2 is 1.86 bits per heavy atom. The maximum absolute atomic E-state index is 12.5. The van der Waals surface area contributed by atoms with E-state index >= 15 is 0 Å².